The van der Waals surface area contributed by atoms with Crippen LogP contribution in [0, 0.1) is 0 Å². The molecule has 0 fully saturated rings. The Morgan fingerprint density at radius 1 is 1.35 bits per heavy atom. The predicted octanol–water partition coefficient (Wildman–Crippen LogP) is 2.22. The normalized spacial score (nSPS) is 12.2. The van der Waals surface area contributed by atoms with E-state index in [-0.39, 0.29) is 30.1 Å². The van der Waals surface area contributed by atoms with Crippen molar-refractivity contribution < 1.29 is 9.47 Å². The van der Waals surface area contributed by atoms with Gasteiger partial charge in [-0.25, -0.2) is 0 Å². The van der Waals surface area contributed by atoms with E-state index < -0.39 is 0 Å². The molecule has 6 heteroatoms. The van der Waals surface area contributed by atoms with Crippen molar-refractivity contribution in [2.45, 2.75) is 13.0 Å². The summed E-state index contributed by atoms with van der Waals surface area (Å²) in [4.78, 5) is 6.08. The minimum atomic E-state index is 0. The van der Waals surface area contributed by atoms with Crippen molar-refractivity contribution >= 4 is 29.9 Å². The number of guanidine groups is 1. The van der Waals surface area contributed by atoms with Crippen LogP contribution in [0.3, 0.4) is 0 Å². The molecule has 1 N–H and O–H groups in total. The molecule has 0 bridgehead atoms. The fourth-order valence-electron chi connectivity index (χ4n) is 1.62. The first kappa shape index (κ1) is 18.8. The third-order valence-electron chi connectivity index (χ3n) is 2.56. The molecule has 0 aliphatic carbocycles. The van der Waals surface area contributed by atoms with Crippen LogP contribution in [0.4, 0.5) is 0 Å². The second-order valence-electron chi connectivity index (χ2n) is 4.43. The molecule has 0 aromatic heterocycles. The minimum Gasteiger partial charge on any atom is -0.497 e. The number of hydrogen-bond donors (Lipinski definition) is 1. The number of nitrogens with zero attached hydrogens (tertiary/aromatic N) is 2. The molecule has 20 heavy (non-hydrogen) atoms. The summed E-state index contributed by atoms with van der Waals surface area (Å²) in [6, 6.07) is 7.59. The van der Waals surface area contributed by atoms with Gasteiger partial charge in [0.25, 0.3) is 0 Å². The van der Waals surface area contributed by atoms with Crippen LogP contribution >= 0.6 is 24.0 Å². The minimum absolute atomic E-state index is 0. The lowest BCUT2D eigenvalue weighted by atomic mass is 10.3. The van der Waals surface area contributed by atoms with Gasteiger partial charge in [-0.1, -0.05) is 6.07 Å². The van der Waals surface area contributed by atoms with Crippen molar-refractivity contribution in [1.82, 2.24) is 10.2 Å². The van der Waals surface area contributed by atoms with Gasteiger partial charge in [-0.2, -0.15) is 0 Å². The first-order valence-electron chi connectivity index (χ1n) is 6.25. The number of benzene rings is 1. The monoisotopic (exact) mass is 393 g/mol. The molecule has 0 spiro atoms. The van der Waals surface area contributed by atoms with E-state index in [1.165, 1.54) is 0 Å². The molecule has 1 rings (SSSR count). The van der Waals surface area contributed by atoms with Crippen LogP contribution in [-0.4, -0.2) is 51.8 Å². The topological polar surface area (TPSA) is 46.1 Å². The largest absolute Gasteiger partial charge is 0.497 e. The van der Waals surface area contributed by atoms with Gasteiger partial charge in [0.05, 0.1) is 13.7 Å². The van der Waals surface area contributed by atoms with E-state index in [1.54, 1.807) is 14.2 Å². The van der Waals surface area contributed by atoms with Gasteiger partial charge in [0.2, 0.25) is 0 Å². The smallest absolute Gasteiger partial charge is 0.193 e. The van der Waals surface area contributed by atoms with Crippen LogP contribution in [0.2, 0.25) is 0 Å². The number of halogens is 1. The Labute approximate surface area is 138 Å². The molecule has 1 aromatic carbocycles. The highest BCUT2D eigenvalue weighted by molar-refractivity contribution is 14.0. The first-order valence-corrected chi connectivity index (χ1v) is 6.25. The molecule has 0 saturated carbocycles. The second kappa shape index (κ2) is 9.68. The molecule has 1 atom stereocenters. The van der Waals surface area contributed by atoms with E-state index in [9.17, 15) is 0 Å². The summed E-state index contributed by atoms with van der Waals surface area (Å²) >= 11 is 0. The van der Waals surface area contributed by atoms with E-state index >= 15 is 0 Å². The Kier molecular flexibility index (Phi) is 9.11. The van der Waals surface area contributed by atoms with Crippen molar-refractivity contribution in [2.24, 2.45) is 4.99 Å². The summed E-state index contributed by atoms with van der Waals surface area (Å²) in [5.41, 5.74) is 0. The molecule has 0 radical (unpaired) electrons. The molecule has 1 aromatic rings. The van der Waals surface area contributed by atoms with E-state index in [1.807, 2.05) is 50.2 Å². The molecule has 0 amide bonds. The number of nitrogens with one attached hydrogen (secondary N) is 1. The first-order chi connectivity index (χ1) is 9.06. The van der Waals surface area contributed by atoms with Gasteiger partial charge in [-0.3, -0.25) is 4.99 Å². The molecule has 0 saturated heterocycles. The highest BCUT2D eigenvalue weighted by atomic mass is 127. The molecule has 0 heterocycles. The fraction of sp³-hybridized carbons (Fsp3) is 0.500. The summed E-state index contributed by atoms with van der Waals surface area (Å²) in [7, 11) is 7.30. The average molecular weight is 393 g/mol. The van der Waals surface area contributed by atoms with E-state index in [4.69, 9.17) is 9.47 Å². The number of methoxy groups -OCH3 is 1. The average Bonchev–Trinajstić information content (AvgIpc) is 2.39. The number of rotatable bonds is 5. The van der Waals surface area contributed by atoms with Crippen LogP contribution in [0.5, 0.6) is 11.5 Å². The molecule has 0 aliphatic rings. The molecule has 1 unspecified atom stereocenters. The summed E-state index contributed by atoms with van der Waals surface area (Å²) < 4.78 is 11.0. The molecule has 5 nitrogen and oxygen atoms in total. The maximum Gasteiger partial charge on any atom is 0.193 e. The Balaban J connectivity index is 0.00000361. The maximum atomic E-state index is 5.82. The zero-order valence-electron chi connectivity index (χ0n) is 12.7. The number of hydrogen-bond acceptors (Lipinski definition) is 3. The van der Waals surface area contributed by atoms with Crippen molar-refractivity contribution in [2.75, 3.05) is 34.8 Å². The van der Waals surface area contributed by atoms with Crippen LogP contribution in [0.15, 0.2) is 29.3 Å². The highest BCUT2D eigenvalue weighted by Gasteiger charge is 2.07. The van der Waals surface area contributed by atoms with Crippen molar-refractivity contribution in [1.29, 1.82) is 0 Å². The van der Waals surface area contributed by atoms with E-state index in [0.717, 1.165) is 17.5 Å². The van der Waals surface area contributed by atoms with Crippen LogP contribution in [0.25, 0.3) is 0 Å². The highest BCUT2D eigenvalue weighted by Crippen LogP contribution is 2.19. The Hall–Kier alpha value is -1.18. The van der Waals surface area contributed by atoms with Crippen LogP contribution < -0.4 is 14.8 Å². The van der Waals surface area contributed by atoms with Gasteiger partial charge in [0.1, 0.15) is 17.6 Å². The van der Waals surface area contributed by atoms with Gasteiger partial charge < -0.3 is 19.7 Å². The summed E-state index contributed by atoms with van der Waals surface area (Å²) in [5.74, 6) is 2.43. The summed E-state index contributed by atoms with van der Waals surface area (Å²) in [5, 5.41) is 3.24. The number of aliphatic imine (C=N–C) groups is 1. The van der Waals surface area contributed by atoms with Gasteiger partial charge in [0, 0.05) is 27.2 Å². The maximum absolute atomic E-state index is 5.82. The summed E-state index contributed by atoms with van der Waals surface area (Å²) in [6.07, 6.45) is 0.0313. The van der Waals surface area contributed by atoms with Crippen molar-refractivity contribution in [3.05, 3.63) is 24.3 Å². The van der Waals surface area contributed by atoms with Crippen LogP contribution in [0.1, 0.15) is 6.92 Å². The Morgan fingerprint density at radius 2 is 2.00 bits per heavy atom. The third kappa shape index (κ3) is 6.31. The van der Waals surface area contributed by atoms with Gasteiger partial charge >= 0.3 is 0 Å². The Bertz CT molecular complexity index is 425. The molecular weight excluding hydrogens is 369 g/mol. The lowest BCUT2D eigenvalue weighted by molar-refractivity contribution is 0.222. The SMILES string of the molecule is CN=C(NCC(C)Oc1cccc(OC)c1)N(C)C.I. The Morgan fingerprint density at radius 3 is 2.55 bits per heavy atom. The van der Waals surface area contributed by atoms with E-state index in [0.29, 0.717) is 6.54 Å². The second-order valence-corrected chi connectivity index (χ2v) is 4.43. The van der Waals surface area contributed by atoms with Crippen LogP contribution in [-0.2, 0) is 0 Å². The van der Waals surface area contributed by atoms with Crippen molar-refractivity contribution in [3.63, 3.8) is 0 Å². The molecule has 114 valence electrons. The fourth-order valence-corrected chi connectivity index (χ4v) is 1.62. The predicted molar refractivity (Wildman–Crippen MR) is 93.5 cm³/mol. The lowest BCUT2D eigenvalue weighted by Gasteiger charge is -2.20. The molecular formula is C14H24IN3O2. The van der Waals surface area contributed by atoms with Crippen molar-refractivity contribution in [3.8, 4) is 11.5 Å². The quantitative estimate of drug-likeness (QED) is 0.474. The lowest BCUT2D eigenvalue weighted by Crippen LogP contribution is -2.41. The number of ether oxygens (including phenoxy) is 2. The zero-order chi connectivity index (χ0) is 14.3. The zero-order valence-corrected chi connectivity index (χ0v) is 15.0. The molecule has 0 aliphatic heterocycles. The van der Waals surface area contributed by atoms with Gasteiger partial charge in [0.15, 0.2) is 5.96 Å². The standard InChI is InChI=1S/C14H23N3O2.HI/c1-11(10-16-14(15-2)17(3)4)19-13-8-6-7-12(9-13)18-5;/h6-9,11H,10H2,1-5H3,(H,15,16);1H. The van der Waals surface area contributed by atoms with E-state index in [2.05, 4.69) is 10.3 Å². The van der Waals surface area contributed by atoms with Gasteiger partial charge in [-0.05, 0) is 19.1 Å². The third-order valence-corrected chi connectivity index (χ3v) is 2.56. The summed E-state index contributed by atoms with van der Waals surface area (Å²) in [6.45, 7) is 2.69. The van der Waals surface area contributed by atoms with Gasteiger partial charge in [-0.15, -0.1) is 24.0 Å².